The Balaban J connectivity index is 1.68. The molecule has 0 bridgehead atoms. The quantitative estimate of drug-likeness (QED) is 0.583. The smallest absolute Gasteiger partial charge is 0.307 e. The molecular weight excluding hydrogens is 338 g/mol. The van der Waals surface area contributed by atoms with Crippen LogP contribution in [0.25, 0.3) is 11.4 Å². The standard InChI is InChI=1S/C22H25N3O2/c1-2-27-21(26)13-14-25(16-18-9-5-3-6-10-18)17-20-15-23-22(24-20)19-11-7-4-8-12-19/h3-12,15H,2,13-14,16-17H2,1H3,(H,23,24). The number of ether oxygens (including phenoxy) is 1. The van der Waals surface area contributed by atoms with Crippen LogP contribution < -0.4 is 0 Å². The fraction of sp³-hybridized carbons (Fsp3) is 0.273. The molecule has 0 aliphatic carbocycles. The first-order valence-electron chi connectivity index (χ1n) is 9.26. The van der Waals surface area contributed by atoms with E-state index in [1.807, 2.05) is 61.7 Å². The molecule has 5 nitrogen and oxygen atoms in total. The van der Waals surface area contributed by atoms with E-state index < -0.39 is 0 Å². The molecule has 0 aliphatic heterocycles. The highest BCUT2D eigenvalue weighted by atomic mass is 16.5. The zero-order chi connectivity index (χ0) is 18.9. The molecule has 1 heterocycles. The Hall–Kier alpha value is -2.92. The number of nitrogens with one attached hydrogen (secondary N) is 1. The number of rotatable bonds is 9. The lowest BCUT2D eigenvalue weighted by Gasteiger charge is -2.21. The molecule has 0 saturated carbocycles. The van der Waals surface area contributed by atoms with Crippen molar-refractivity contribution in [3.63, 3.8) is 0 Å². The van der Waals surface area contributed by atoms with Crippen molar-refractivity contribution in [1.82, 2.24) is 14.9 Å². The van der Waals surface area contributed by atoms with Crippen molar-refractivity contribution in [3.05, 3.63) is 78.1 Å². The first-order chi connectivity index (χ1) is 13.2. The maximum Gasteiger partial charge on any atom is 0.307 e. The fourth-order valence-electron chi connectivity index (χ4n) is 2.96. The lowest BCUT2D eigenvalue weighted by Crippen LogP contribution is -2.26. The Labute approximate surface area is 160 Å². The first-order valence-corrected chi connectivity index (χ1v) is 9.26. The van der Waals surface area contributed by atoms with Crippen LogP contribution in [0, 0.1) is 0 Å². The monoisotopic (exact) mass is 363 g/mol. The van der Waals surface area contributed by atoms with E-state index in [4.69, 9.17) is 4.74 Å². The average Bonchev–Trinajstić information content (AvgIpc) is 3.16. The number of nitrogens with zero attached hydrogens (tertiary/aromatic N) is 2. The molecule has 2 aromatic carbocycles. The van der Waals surface area contributed by atoms with E-state index >= 15 is 0 Å². The number of hydrogen-bond acceptors (Lipinski definition) is 4. The zero-order valence-electron chi connectivity index (χ0n) is 15.6. The largest absolute Gasteiger partial charge is 0.466 e. The van der Waals surface area contributed by atoms with Gasteiger partial charge >= 0.3 is 5.97 Å². The van der Waals surface area contributed by atoms with Crippen molar-refractivity contribution in [2.75, 3.05) is 13.2 Å². The van der Waals surface area contributed by atoms with E-state index in [9.17, 15) is 4.79 Å². The summed E-state index contributed by atoms with van der Waals surface area (Å²) in [7, 11) is 0. The molecule has 0 saturated heterocycles. The van der Waals surface area contributed by atoms with Crippen LogP contribution in [-0.2, 0) is 22.6 Å². The van der Waals surface area contributed by atoms with Gasteiger partial charge in [0.2, 0.25) is 0 Å². The van der Waals surface area contributed by atoms with Gasteiger partial charge in [-0.2, -0.15) is 0 Å². The number of carbonyl (C=O) groups excluding carboxylic acids is 1. The molecule has 0 atom stereocenters. The minimum atomic E-state index is -0.162. The first kappa shape index (κ1) is 18.9. The van der Waals surface area contributed by atoms with Crippen LogP contribution in [0.3, 0.4) is 0 Å². The number of hydrogen-bond donors (Lipinski definition) is 1. The number of aromatic amines is 1. The minimum absolute atomic E-state index is 0.162. The highest BCUT2D eigenvalue weighted by Gasteiger charge is 2.12. The molecule has 0 radical (unpaired) electrons. The van der Waals surface area contributed by atoms with Crippen LogP contribution in [0.15, 0.2) is 66.9 Å². The van der Waals surface area contributed by atoms with Crippen LogP contribution in [0.2, 0.25) is 0 Å². The van der Waals surface area contributed by atoms with Gasteiger partial charge in [0.25, 0.3) is 0 Å². The van der Waals surface area contributed by atoms with E-state index in [1.54, 1.807) is 0 Å². The fourth-order valence-corrected chi connectivity index (χ4v) is 2.96. The van der Waals surface area contributed by atoms with E-state index in [1.165, 1.54) is 5.56 Å². The van der Waals surface area contributed by atoms with E-state index in [2.05, 4.69) is 27.0 Å². The summed E-state index contributed by atoms with van der Waals surface area (Å²) in [6.45, 7) is 4.33. The molecule has 0 spiro atoms. The maximum atomic E-state index is 11.8. The Bertz CT molecular complexity index is 831. The summed E-state index contributed by atoms with van der Waals surface area (Å²) in [6, 6.07) is 20.3. The average molecular weight is 363 g/mol. The molecule has 3 rings (SSSR count). The van der Waals surface area contributed by atoms with Crippen LogP contribution in [0.4, 0.5) is 0 Å². The Morgan fingerprint density at radius 3 is 2.44 bits per heavy atom. The predicted octanol–water partition coefficient (Wildman–Crippen LogP) is 4.03. The third-order valence-electron chi connectivity index (χ3n) is 4.26. The van der Waals surface area contributed by atoms with Gasteiger partial charge < -0.3 is 9.72 Å². The molecule has 0 amide bonds. The molecule has 5 heteroatoms. The molecule has 1 aromatic heterocycles. The van der Waals surface area contributed by atoms with Crippen LogP contribution in [-0.4, -0.2) is 34.0 Å². The second kappa shape index (κ2) is 9.69. The van der Waals surface area contributed by atoms with Gasteiger partial charge in [-0.1, -0.05) is 60.7 Å². The number of carbonyl (C=O) groups is 1. The maximum absolute atomic E-state index is 11.8. The molecule has 27 heavy (non-hydrogen) atoms. The van der Waals surface area contributed by atoms with Gasteiger partial charge in [-0.15, -0.1) is 0 Å². The lowest BCUT2D eigenvalue weighted by molar-refractivity contribution is -0.143. The van der Waals surface area contributed by atoms with Gasteiger partial charge in [0.05, 0.1) is 13.0 Å². The van der Waals surface area contributed by atoms with Gasteiger partial charge in [-0.3, -0.25) is 9.69 Å². The summed E-state index contributed by atoms with van der Waals surface area (Å²) in [6.07, 6.45) is 2.24. The third kappa shape index (κ3) is 5.79. The minimum Gasteiger partial charge on any atom is -0.466 e. The second-order valence-electron chi connectivity index (χ2n) is 6.37. The normalized spacial score (nSPS) is 10.9. The molecule has 0 aliphatic rings. The molecule has 0 unspecified atom stereocenters. The van der Waals surface area contributed by atoms with E-state index in [0.29, 0.717) is 26.1 Å². The summed E-state index contributed by atoms with van der Waals surface area (Å²) in [5, 5.41) is 0. The van der Waals surface area contributed by atoms with Gasteiger partial charge in [-0.05, 0) is 12.5 Å². The Kier molecular flexibility index (Phi) is 6.77. The van der Waals surface area contributed by atoms with Crippen molar-refractivity contribution in [1.29, 1.82) is 0 Å². The number of imidazole rings is 1. The summed E-state index contributed by atoms with van der Waals surface area (Å²) >= 11 is 0. The summed E-state index contributed by atoms with van der Waals surface area (Å²) in [5.74, 6) is 0.695. The highest BCUT2D eigenvalue weighted by Crippen LogP contribution is 2.16. The van der Waals surface area contributed by atoms with Gasteiger partial charge in [-0.25, -0.2) is 4.98 Å². The third-order valence-corrected chi connectivity index (χ3v) is 4.26. The molecule has 140 valence electrons. The molecule has 1 N–H and O–H groups in total. The van der Waals surface area contributed by atoms with Crippen LogP contribution in [0.5, 0.6) is 0 Å². The molecule has 0 fully saturated rings. The van der Waals surface area contributed by atoms with Crippen molar-refractivity contribution in [3.8, 4) is 11.4 Å². The Morgan fingerprint density at radius 2 is 1.74 bits per heavy atom. The number of esters is 1. The van der Waals surface area contributed by atoms with Gasteiger partial charge in [0.15, 0.2) is 0 Å². The van der Waals surface area contributed by atoms with Crippen molar-refractivity contribution < 1.29 is 9.53 Å². The van der Waals surface area contributed by atoms with E-state index in [-0.39, 0.29) is 5.97 Å². The second-order valence-corrected chi connectivity index (χ2v) is 6.37. The van der Waals surface area contributed by atoms with Crippen LogP contribution in [0.1, 0.15) is 24.6 Å². The highest BCUT2D eigenvalue weighted by molar-refractivity contribution is 5.69. The predicted molar refractivity (Wildman–Crippen MR) is 106 cm³/mol. The molecule has 3 aromatic rings. The lowest BCUT2D eigenvalue weighted by atomic mass is 10.2. The van der Waals surface area contributed by atoms with Gasteiger partial charge in [0.1, 0.15) is 5.82 Å². The van der Waals surface area contributed by atoms with Crippen molar-refractivity contribution >= 4 is 5.97 Å². The van der Waals surface area contributed by atoms with Crippen molar-refractivity contribution in [2.24, 2.45) is 0 Å². The summed E-state index contributed by atoms with van der Waals surface area (Å²) < 4.78 is 5.07. The van der Waals surface area contributed by atoms with Crippen LogP contribution >= 0.6 is 0 Å². The van der Waals surface area contributed by atoms with Gasteiger partial charge in [0, 0.05) is 37.1 Å². The zero-order valence-corrected chi connectivity index (χ0v) is 15.6. The van der Waals surface area contributed by atoms with E-state index in [0.717, 1.165) is 23.6 Å². The number of H-pyrrole nitrogens is 1. The number of aromatic nitrogens is 2. The summed E-state index contributed by atoms with van der Waals surface area (Å²) in [4.78, 5) is 21.9. The Morgan fingerprint density at radius 1 is 1.04 bits per heavy atom. The molecular formula is C22H25N3O2. The number of benzene rings is 2. The summed E-state index contributed by atoms with van der Waals surface area (Å²) in [5.41, 5.74) is 3.29. The van der Waals surface area contributed by atoms with Crippen molar-refractivity contribution in [2.45, 2.75) is 26.4 Å². The SMILES string of the molecule is CCOC(=O)CCN(Cc1ccccc1)Cc1cnc(-c2ccccc2)[nH]1. The topological polar surface area (TPSA) is 58.2 Å².